The summed E-state index contributed by atoms with van der Waals surface area (Å²) in [6, 6.07) is 3.34. The SMILES string of the molecule is CCc1cc(C(N)=O)cc(C(C)(C)C)c1O. The van der Waals surface area contributed by atoms with Gasteiger partial charge in [0.15, 0.2) is 0 Å². The Hall–Kier alpha value is -1.51. The summed E-state index contributed by atoms with van der Waals surface area (Å²) >= 11 is 0. The van der Waals surface area contributed by atoms with Crippen molar-refractivity contribution in [2.24, 2.45) is 5.73 Å². The summed E-state index contributed by atoms with van der Waals surface area (Å²) in [6.07, 6.45) is 0.677. The lowest BCUT2D eigenvalue weighted by Gasteiger charge is -2.22. The van der Waals surface area contributed by atoms with Gasteiger partial charge in [-0.1, -0.05) is 27.7 Å². The molecular formula is C13H19NO2. The molecule has 1 rings (SSSR count). The third-order valence-electron chi connectivity index (χ3n) is 2.66. The maximum atomic E-state index is 11.2. The van der Waals surface area contributed by atoms with E-state index in [0.717, 1.165) is 11.1 Å². The van der Waals surface area contributed by atoms with Crippen molar-refractivity contribution < 1.29 is 9.90 Å². The summed E-state index contributed by atoms with van der Waals surface area (Å²) in [7, 11) is 0. The first-order valence-electron chi connectivity index (χ1n) is 5.43. The van der Waals surface area contributed by atoms with Crippen LogP contribution >= 0.6 is 0 Å². The first-order valence-corrected chi connectivity index (χ1v) is 5.43. The molecule has 3 nitrogen and oxygen atoms in total. The number of rotatable bonds is 2. The fraction of sp³-hybridized carbons (Fsp3) is 0.462. The first kappa shape index (κ1) is 12.6. The Morgan fingerprint density at radius 3 is 2.31 bits per heavy atom. The van der Waals surface area contributed by atoms with E-state index in [4.69, 9.17) is 5.73 Å². The minimum absolute atomic E-state index is 0.209. The van der Waals surface area contributed by atoms with E-state index in [2.05, 4.69) is 0 Å². The molecule has 1 amide bonds. The Morgan fingerprint density at radius 1 is 1.38 bits per heavy atom. The molecule has 0 saturated heterocycles. The quantitative estimate of drug-likeness (QED) is 0.805. The summed E-state index contributed by atoms with van der Waals surface area (Å²) in [4.78, 5) is 11.2. The van der Waals surface area contributed by atoms with Gasteiger partial charge in [0.25, 0.3) is 0 Å². The number of carbonyl (C=O) groups excluding carboxylic acids is 1. The van der Waals surface area contributed by atoms with Crippen LogP contribution in [0, 0.1) is 0 Å². The highest BCUT2D eigenvalue weighted by molar-refractivity contribution is 5.93. The van der Waals surface area contributed by atoms with Crippen molar-refractivity contribution >= 4 is 5.91 Å². The molecule has 0 aliphatic rings. The number of primary amides is 1. The Kier molecular flexibility index (Phi) is 3.27. The molecule has 0 bridgehead atoms. The predicted octanol–water partition coefficient (Wildman–Crippen LogP) is 2.35. The number of nitrogens with two attached hydrogens (primary N) is 1. The average Bonchev–Trinajstić information content (AvgIpc) is 2.15. The van der Waals surface area contributed by atoms with E-state index in [-0.39, 0.29) is 11.2 Å². The maximum absolute atomic E-state index is 11.2. The van der Waals surface area contributed by atoms with Crippen LogP contribution in [0.15, 0.2) is 12.1 Å². The number of carbonyl (C=O) groups is 1. The van der Waals surface area contributed by atoms with Crippen molar-refractivity contribution in [3.63, 3.8) is 0 Å². The molecule has 16 heavy (non-hydrogen) atoms. The van der Waals surface area contributed by atoms with E-state index in [1.54, 1.807) is 12.1 Å². The summed E-state index contributed by atoms with van der Waals surface area (Å²) in [5.41, 5.74) is 7.06. The standard InChI is InChI=1S/C13H19NO2/c1-5-8-6-9(12(14)16)7-10(11(8)15)13(2,3)4/h6-7,15H,5H2,1-4H3,(H2,14,16). The van der Waals surface area contributed by atoms with Gasteiger partial charge in [-0.25, -0.2) is 0 Å². The van der Waals surface area contributed by atoms with Crippen LogP contribution in [0.1, 0.15) is 49.2 Å². The molecule has 1 aromatic rings. The van der Waals surface area contributed by atoms with Crippen LogP contribution < -0.4 is 5.73 Å². The van der Waals surface area contributed by atoms with Crippen molar-refractivity contribution in [3.8, 4) is 5.75 Å². The third-order valence-corrected chi connectivity index (χ3v) is 2.66. The molecule has 0 heterocycles. The Labute approximate surface area is 96.3 Å². The molecule has 0 aliphatic carbocycles. The molecule has 88 valence electrons. The molecule has 3 heteroatoms. The van der Waals surface area contributed by atoms with Gasteiger partial charge in [0.05, 0.1) is 0 Å². The number of phenolic OH excluding ortho intramolecular Hbond substituents is 1. The van der Waals surface area contributed by atoms with Gasteiger partial charge in [0.1, 0.15) is 5.75 Å². The van der Waals surface area contributed by atoms with E-state index in [1.165, 1.54) is 0 Å². The van der Waals surface area contributed by atoms with Crippen LogP contribution in [0.2, 0.25) is 0 Å². The van der Waals surface area contributed by atoms with E-state index in [0.29, 0.717) is 12.0 Å². The largest absolute Gasteiger partial charge is 0.507 e. The van der Waals surface area contributed by atoms with Crippen molar-refractivity contribution in [3.05, 3.63) is 28.8 Å². The normalized spacial score (nSPS) is 11.5. The molecule has 0 atom stereocenters. The van der Waals surface area contributed by atoms with Gasteiger partial charge in [-0.3, -0.25) is 4.79 Å². The summed E-state index contributed by atoms with van der Waals surface area (Å²) in [5.74, 6) is -0.180. The van der Waals surface area contributed by atoms with Crippen molar-refractivity contribution in [2.75, 3.05) is 0 Å². The second-order valence-electron chi connectivity index (χ2n) is 5.00. The van der Waals surface area contributed by atoms with Crippen LogP contribution in [0.3, 0.4) is 0 Å². The number of hydrogen-bond donors (Lipinski definition) is 2. The van der Waals surface area contributed by atoms with Crippen LogP contribution in [0.4, 0.5) is 0 Å². The molecule has 0 fully saturated rings. The molecular weight excluding hydrogens is 202 g/mol. The first-order chi connectivity index (χ1) is 7.27. The lowest BCUT2D eigenvalue weighted by molar-refractivity contribution is 0.1000. The van der Waals surface area contributed by atoms with Gasteiger partial charge in [-0.15, -0.1) is 0 Å². The number of benzene rings is 1. The fourth-order valence-electron chi connectivity index (χ4n) is 1.68. The smallest absolute Gasteiger partial charge is 0.248 e. The molecule has 0 spiro atoms. The zero-order valence-corrected chi connectivity index (χ0v) is 10.3. The molecule has 0 unspecified atom stereocenters. The number of hydrogen-bond acceptors (Lipinski definition) is 2. The molecule has 0 radical (unpaired) electrons. The van der Waals surface area contributed by atoms with E-state index in [9.17, 15) is 9.90 Å². The van der Waals surface area contributed by atoms with Gasteiger partial charge in [0.2, 0.25) is 5.91 Å². The summed E-state index contributed by atoms with van der Waals surface area (Å²) in [5, 5.41) is 10.1. The van der Waals surface area contributed by atoms with Crippen LogP contribution in [-0.4, -0.2) is 11.0 Å². The molecule has 3 N–H and O–H groups in total. The molecule has 1 aromatic carbocycles. The zero-order valence-electron chi connectivity index (χ0n) is 10.3. The molecule has 0 aromatic heterocycles. The Morgan fingerprint density at radius 2 is 1.94 bits per heavy atom. The summed E-state index contributed by atoms with van der Waals surface area (Å²) in [6.45, 7) is 7.91. The van der Waals surface area contributed by atoms with Crippen molar-refractivity contribution in [2.45, 2.75) is 39.5 Å². The summed E-state index contributed by atoms with van der Waals surface area (Å²) < 4.78 is 0. The highest BCUT2D eigenvalue weighted by Gasteiger charge is 2.21. The van der Waals surface area contributed by atoms with Gasteiger partial charge in [-0.2, -0.15) is 0 Å². The van der Waals surface area contributed by atoms with Crippen molar-refractivity contribution in [1.29, 1.82) is 0 Å². The number of phenols is 1. The van der Waals surface area contributed by atoms with E-state index < -0.39 is 5.91 Å². The highest BCUT2D eigenvalue weighted by atomic mass is 16.3. The fourth-order valence-corrected chi connectivity index (χ4v) is 1.68. The topological polar surface area (TPSA) is 63.3 Å². The second-order valence-corrected chi connectivity index (χ2v) is 5.00. The second kappa shape index (κ2) is 4.16. The minimum atomic E-state index is -0.458. The van der Waals surface area contributed by atoms with Crippen LogP contribution in [0.25, 0.3) is 0 Å². The Bertz CT molecular complexity index is 417. The molecule has 0 saturated carbocycles. The highest BCUT2D eigenvalue weighted by Crippen LogP contribution is 2.34. The third kappa shape index (κ3) is 2.35. The number of amides is 1. The lowest BCUT2D eigenvalue weighted by Crippen LogP contribution is -2.17. The van der Waals surface area contributed by atoms with Crippen LogP contribution in [-0.2, 0) is 11.8 Å². The minimum Gasteiger partial charge on any atom is -0.507 e. The van der Waals surface area contributed by atoms with Crippen LogP contribution in [0.5, 0.6) is 5.75 Å². The zero-order chi connectivity index (χ0) is 12.5. The Balaban J connectivity index is 3.48. The van der Waals surface area contributed by atoms with Crippen molar-refractivity contribution in [1.82, 2.24) is 0 Å². The van der Waals surface area contributed by atoms with Gasteiger partial charge in [-0.05, 0) is 29.5 Å². The lowest BCUT2D eigenvalue weighted by atomic mass is 9.83. The van der Waals surface area contributed by atoms with Gasteiger partial charge < -0.3 is 10.8 Å². The maximum Gasteiger partial charge on any atom is 0.248 e. The number of aryl methyl sites for hydroxylation is 1. The van der Waals surface area contributed by atoms with E-state index in [1.807, 2.05) is 27.7 Å². The monoisotopic (exact) mass is 221 g/mol. The number of aromatic hydroxyl groups is 1. The van der Waals surface area contributed by atoms with Gasteiger partial charge >= 0.3 is 0 Å². The average molecular weight is 221 g/mol. The van der Waals surface area contributed by atoms with E-state index >= 15 is 0 Å². The predicted molar refractivity (Wildman–Crippen MR) is 64.7 cm³/mol. The van der Waals surface area contributed by atoms with Gasteiger partial charge in [0, 0.05) is 11.1 Å². The molecule has 0 aliphatic heterocycles.